The van der Waals surface area contributed by atoms with Crippen LogP contribution in [0.4, 0.5) is 5.69 Å². The lowest BCUT2D eigenvalue weighted by atomic mass is 10.1. The van der Waals surface area contributed by atoms with Gasteiger partial charge in [0, 0.05) is 37.7 Å². The van der Waals surface area contributed by atoms with Crippen LogP contribution in [0.5, 0.6) is 0 Å². The summed E-state index contributed by atoms with van der Waals surface area (Å²) >= 11 is 0. The van der Waals surface area contributed by atoms with E-state index in [-0.39, 0.29) is 11.4 Å². The van der Waals surface area contributed by atoms with Crippen molar-refractivity contribution < 1.29 is 14.3 Å². The molecule has 116 valence electrons. The molecule has 0 fully saturated rings. The van der Waals surface area contributed by atoms with Gasteiger partial charge in [-0.3, -0.25) is 9.59 Å². The number of anilines is 1. The molecule has 1 aromatic rings. The van der Waals surface area contributed by atoms with Crippen LogP contribution in [-0.4, -0.2) is 32.0 Å². The van der Waals surface area contributed by atoms with E-state index in [4.69, 9.17) is 10.00 Å². The second-order valence-electron chi connectivity index (χ2n) is 4.55. The van der Waals surface area contributed by atoms with E-state index in [0.29, 0.717) is 30.8 Å². The van der Waals surface area contributed by atoms with E-state index in [0.717, 1.165) is 0 Å². The molecule has 0 saturated carbocycles. The summed E-state index contributed by atoms with van der Waals surface area (Å²) in [5, 5.41) is 14.5. The number of hydrogen-bond acceptors (Lipinski definition) is 5. The van der Waals surface area contributed by atoms with Gasteiger partial charge in [-0.1, -0.05) is 12.1 Å². The molecule has 0 heterocycles. The number of carbonyl (C=O) groups is 2. The second-order valence-corrected chi connectivity index (χ2v) is 4.55. The fourth-order valence-corrected chi connectivity index (χ4v) is 1.65. The Morgan fingerprint density at radius 3 is 2.82 bits per heavy atom. The van der Waals surface area contributed by atoms with Crippen LogP contribution in [0.15, 0.2) is 36.0 Å². The summed E-state index contributed by atoms with van der Waals surface area (Å²) in [4.78, 5) is 23.1. The minimum Gasteiger partial charge on any atom is -0.385 e. The fourth-order valence-electron chi connectivity index (χ4n) is 1.65. The highest BCUT2D eigenvalue weighted by molar-refractivity contribution is 5.97. The first-order chi connectivity index (χ1) is 10.6. The van der Waals surface area contributed by atoms with E-state index < -0.39 is 5.91 Å². The van der Waals surface area contributed by atoms with Crippen LogP contribution in [-0.2, 0) is 9.53 Å². The zero-order chi connectivity index (χ0) is 16.4. The molecule has 0 aliphatic heterocycles. The smallest absolute Gasteiger partial charge is 0.263 e. The maximum absolute atomic E-state index is 11.8. The lowest BCUT2D eigenvalue weighted by molar-refractivity contribution is -0.117. The Kier molecular flexibility index (Phi) is 7.37. The predicted octanol–water partition coefficient (Wildman–Crippen LogP) is 1.86. The van der Waals surface area contributed by atoms with E-state index in [2.05, 4.69) is 10.6 Å². The monoisotopic (exact) mass is 301 g/mol. The van der Waals surface area contributed by atoms with E-state index in [9.17, 15) is 9.59 Å². The van der Waals surface area contributed by atoms with Crippen molar-refractivity contribution in [2.75, 3.05) is 25.6 Å². The van der Waals surface area contributed by atoms with Crippen LogP contribution in [0.25, 0.3) is 0 Å². The van der Waals surface area contributed by atoms with Crippen molar-refractivity contribution in [3.63, 3.8) is 0 Å². The molecule has 0 atom stereocenters. The van der Waals surface area contributed by atoms with Gasteiger partial charge in [0.25, 0.3) is 5.91 Å². The molecule has 0 unspecified atom stereocenters. The molecular formula is C16H19N3O3. The molecule has 0 spiro atoms. The Labute approximate surface area is 129 Å². The largest absolute Gasteiger partial charge is 0.385 e. The van der Waals surface area contributed by atoms with Crippen molar-refractivity contribution in [2.45, 2.75) is 13.3 Å². The molecule has 1 rings (SSSR count). The average molecular weight is 301 g/mol. The van der Waals surface area contributed by atoms with Gasteiger partial charge < -0.3 is 15.4 Å². The number of ketones is 1. The van der Waals surface area contributed by atoms with E-state index in [1.54, 1.807) is 31.4 Å². The molecule has 0 saturated heterocycles. The highest BCUT2D eigenvalue weighted by Crippen LogP contribution is 2.11. The summed E-state index contributed by atoms with van der Waals surface area (Å²) in [6.07, 6.45) is 2.00. The summed E-state index contributed by atoms with van der Waals surface area (Å²) in [7, 11) is 1.58. The number of nitrogens with zero attached hydrogens (tertiary/aromatic N) is 1. The SMILES string of the molecule is COCCCNC(=O)/C(C#N)=C\Nc1cccc(C(C)=O)c1. The van der Waals surface area contributed by atoms with Gasteiger partial charge in [-0.2, -0.15) is 5.26 Å². The molecule has 0 radical (unpaired) electrons. The van der Waals surface area contributed by atoms with Crippen molar-refractivity contribution >= 4 is 17.4 Å². The zero-order valence-corrected chi connectivity index (χ0v) is 12.7. The molecule has 6 nitrogen and oxygen atoms in total. The van der Waals surface area contributed by atoms with Gasteiger partial charge in [0.1, 0.15) is 11.6 Å². The van der Waals surface area contributed by atoms with Crippen molar-refractivity contribution in [2.24, 2.45) is 0 Å². The number of methoxy groups -OCH3 is 1. The number of benzene rings is 1. The number of rotatable bonds is 8. The molecule has 0 aliphatic rings. The molecule has 1 amide bonds. The third kappa shape index (κ3) is 5.77. The number of nitriles is 1. The number of hydrogen-bond donors (Lipinski definition) is 2. The van der Waals surface area contributed by atoms with Gasteiger partial charge in [0.2, 0.25) is 0 Å². The van der Waals surface area contributed by atoms with Crippen LogP contribution >= 0.6 is 0 Å². The number of amides is 1. The van der Waals surface area contributed by atoms with Crippen molar-refractivity contribution in [1.82, 2.24) is 5.32 Å². The third-order valence-corrected chi connectivity index (χ3v) is 2.83. The standard InChI is InChI=1S/C16H19N3O3/c1-12(20)13-5-3-6-15(9-13)19-11-14(10-17)16(21)18-7-4-8-22-2/h3,5-6,9,11,19H,4,7-8H2,1-2H3,(H,18,21)/b14-11-. The number of Topliss-reactive ketones (excluding diaryl/α,β-unsaturated/α-hetero) is 1. The second kappa shape index (κ2) is 9.32. The Morgan fingerprint density at radius 1 is 1.41 bits per heavy atom. The average Bonchev–Trinajstić information content (AvgIpc) is 2.52. The van der Waals surface area contributed by atoms with Gasteiger partial charge in [-0.25, -0.2) is 0 Å². The number of ether oxygens (including phenoxy) is 1. The van der Waals surface area contributed by atoms with Gasteiger partial charge in [0.15, 0.2) is 5.78 Å². The van der Waals surface area contributed by atoms with Crippen LogP contribution in [0.3, 0.4) is 0 Å². The lowest BCUT2D eigenvalue weighted by Crippen LogP contribution is -2.26. The summed E-state index contributed by atoms with van der Waals surface area (Å²) < 4.78 is 4.88. The van der Waals surface area contributed by atoms with Gasteiger partial charge in [-0.05, 0) is 25.5 Å². The normalized spacial score (nSPS) is 10.7. The maximum Gasteiger partial charge on any atom is 0.263 e. The first-order valence-electron chi connectivity index (χ1n) is 6.83. The van der Waals surface area contributed by atoms with Crippen LogP contribution < -0.4 is 10.6 Å². The molecule has 1 aromatic carbocycles. The molecular weight excluding hydrogens is 282 g/mol. The Hall–Kier alpha value is -2.65. The first kappa shape index (κ1) is 17.4. The van der Waals surface area contributed by atoms with Crippen molar-refractivity contribution in [3.05, 3.63) is 41.6 Å². The van der Waals surface area contributed by atoms with Gasteiger partial charge in [-0.15, -0.1) is 0 Å². The lowest BCUT2D eigenvalue weighted by Gasteiger charge is -2.05. The third-order valence-electron chi connectivity index (χ3n) is 2.83. The molecule has 22 heavy (non-hydrogen) atoms. The summed E-state index contributed by atoms with van der Waals surface area (Å²) in [5.74, 6) is -0.502. The first-order valence-corrected chi connectivity index (χ1v) is 6.83. The highest BCUT2D eigenvalue weighted by Gasteiger charge is 2.08. The quantitative estimate of drug-likeness (QED) is 0.331. The Balaban J connectivity index is 2.65. The molecule has 2 N–H and O–H groups in total. The van der Waals surface area contributed by atoms with Crippen LogP contribution in [0, 0.1) is 11.3 Å². The van der Waals surface area contributed by atoms with Gasteiger partial charge >= 0.3 is 0 Å². The number of nitrogens with one attached hydrogen (secondary N) is 2. The number of carbonyl (C=O) groups excluding carboxylic acids is 2. The van der Waals surface area contributed by atoms with E-state index in [1.807, 2.05) is 6.07 Å². The molecule has 0 aromatic heterocycles. The summed E-state index contributed by atoms with van der Waals surface area (Å²) in [5.41, 5.74) is 1.15. The molecule has 0 bridgehead atoms. The molecule has 6 heteroatoms. The minimum absolute atomic E-state index is 0.0364. The van der Waals surface area contributed by atoms with E-state index in [1.165, 1.54) is 13.1 Å². The predicted molar refractivity (Wildman–Crippen MR) is 83.3 cm³/mol. The minimum atomic E-state index is -0.450. The molecule has 0 aliphatic carbocycles. The van der Waals surface area contributed by atoms with Crippen LogP contribution in [0.1, 0.15) is 23.7 Å². The van der Waals surface area contributed by atoms with Crippen LogP contribution in [0.2, 0.25) is 0 Å². The van der Waals surface area contributed by atoms with Gasteiger partial charge in [0.05, 0.1) is 0 Å². The van der Waals surface area contributed by atoms with Crippen molar-refractivity contribution in [1.29, 1.82) is 5.26 Å². The summed E-state index contributed by atoms with van der Waals surface area (Å²) in [6, 6.07) is 8.67. The highest BCUT2D eigenvalue weighted by atomic mass is 16.5. The summed E-state index contributed by atoms with van der Waals surface area (Å²) in [6.45, 7) is 2.45. The fraction of sp³-hybridized carbons (Fsp3) is 0.312. The zero-order valence-electron chi connectivity index (χ0n) is 12.7. The Morgan fingerprint density at radius 2 is 2.18 bits per heavy atom. The maximum atomic E-state index is 11.8. The van der Waals surface area contributed by atoms with E-state index >= 15 is 0 Å². The topological polar surface area (TPSA) is 91.2 Å². The Bertz CT molecular complexity index is 603. The van der Waals surface area contributed by atoms with Crippen molar-refractivity contribution in [3.8, 4) is 6.07 Å².